The summed E-state index contributed by atoms with van der Waals surface area (Å²) in [5.41, 5.74) is 4.52. The van der Waals surface area contributed by atoms with Crippen molar-refractivity contribution in [2.75, 3.05) is 7.11 Å². The number of amides is 1. The van der Waals surface area contributed by atoms with Gasteiger partial charge in [-0.25, -0.2) is 10.2 Å². The minimum Gasteiger partial charge on any atom is -0.493 e. The van der Waals surface area contributed by atoms with Crippen LogP contribution in [-0.2, 0) is 4.79 Å². The fourth-order valence-electron chi connectivity index (χ4n) is 1.89. The van der Waals surface area contributed by atoms with E-state index >= 15 is 0 Å². The van der Waals surface area contributed by atoms with E-state index in [1.807, 2.05) is 19.1 Å². The van der Waals surface area contributed by atoms with Gasteiger partial charge in [0.05, 0.1) is 18.9 Å². The van der Waals surface area contributed by atoms with Gasteiger partial charge in [-0.15, -0.1) is 0 Å². The highest BCUT2D eigenvalue weighted by Crippen LogP contribution is 2.28. The molecule has 0 atom stereocenters. The van der Waals surface area contributed by atoms with E-state index in [0.717, 1.165) is 5.56 Å². The molecule has 1 amide bonds. The third-order valence-corrected chi connectivity index (χ3v) is 3.11. The predicted octanol–water partition coefficient (Wildman–Crippen LogP) is 2.69. The van der Waals surface area contributed by atoms with E-state index in [2.05, 4.69) is 10.5 Å². The van der Waals surface area contributed by atoms with Crippen LogP contribution in [0.3, 0.4) is 0 Å². The molecular weight excluding hydrogens is 308 g/mol. The van der Waals surface area contributed by atoms with Crippen LogP contribution in [0.15, 0.2) is 47.6 Å². The number of hydrogen-bond acceptors (Lipinski definition) is 5. The van der Waals surface area contributed by atoms with Crippen molar-refractivity contribution in [1.82, 2.24) is 5.43 Å². The first-order chi connectivity index (χ1) is 11.5. The van der Waals surface area contributed by atoms with Gasteiger partial charge in [-0.05, 0) is 42.8 Å². The summed E-state index contributed by atoms with van der Waals surface area (Å²) in [4.78, 5) is 23.0. The van der Waals surface area contributed by atoms with E-state index in [-0.39, 0.29) is 5.91 Å². The molecule has 24 heavy (non-hydrogen) atoms. The fraction of sp³-hybridized carbons (Fsp3) is 0.167. The number of esters is 1. The lowest BCUT2D eigenvalue weighted by atomic mass is 10.1. The van der Waals surface area contributed by atoms with Crippen molar-refractivity contribution in [3.8, 4) is 11.5 Å². The number of methoxy groups -OCH3 is 1. The van der Waals surface area contributed by atoms with Gasteiger partial charge in [0.1, 0.15) is 0 Å². The fourth-order valence-corrected chi connectivity index (χ4v) is 1.89. The van der Waals surface area contributed by atoms with Crippen LogP contribution in [0.5, 0.6) is 11.5 Å². The molecule has 0 aromatic heterocycles. The second kappa shape index (κ2) is 7.92. The zero-order valence-corrected chi connectivity index (χ0v) is 13.7. The van der Waals surface area contributed by atoms with Crippen molar-refractivity contribution in [2.45, 2.75) is 13.8 Å². The van der Waals surface area contributed by atoms with Gasteiger partial charge in [0.15, 0.2) is 11.5 Å². The Hall–Kier alpha value is -3.15. The van der Waals surface area contributed by atoms with Gasteiger partial charge in [-0.3, -0.25) is 4.79 Å². The lowest BCUT2D eigenvalue weighted by Crippen LogP contribution is -2.12. The molecule has 1 N–H and O–H groups in total. The third kappa shape index (κ3) is 4.67. The maximum atomic E-state index is 12.2. The molecule has 0 unspecified atom stereocenters. The smallest absolute Gasteiger partial charge is 0.343 e. The van der Waals surface area contributed by atoms with Crippen LogP contribution in [0.1, 0.15) is 28.4 Å². The van der Waals surface area contributed by atoms with Crippen LogP contribution in [0, 0.1) is 6.92 Å². The van der Waals surface area contributed by atoms with E-state index in [0.29, 0.717) is 22.6 Å². The van der Waals surface area contributed by atoms with Gasteiger partial charge in [0.25, 0.3) is 0 Å². The molecule has 0 aliphatic rings. The Kier molecular flexibility index (Phi) is 5.68. The number of nitrogens with zero attached hydrogens (tertiary/aromatic N) is 1. The van der Waals surface area contributed by atoms with Crippen LogP contribution in [0.25, 0.3) is 0 Å². The highest BCUT2D eigenvalue weighted by atomic mass is 16.6. The van der Waals surface area contributed by atoms with E-state index < -0.39 is 5.97 Å². The maximum absolute atomic E-state index is 12.2. The van der Waals surface area contributed by atoms with E-state index in [4.69, 9.17) is 9.47 Å². The molecule has 124 valence electrons. The van der Waals surface area contributed by atoms with Gasteiger partial charge in [0, 0.05) is 6.92 Å². The molecule has 2 rings (SSSR count). The highest BCUT2D eigenvalue weighted by Gasteiger charge is 2.12. The molecule has 0 saturated carbocycles. The quantitative estimate of drug-likeness (QED) is 0.397. The van der Waals surface area contributed by atoms with Gasteiger partial charge >= 0.3 is 5.97 Å². The summed E-state index contributed by atoms with van der Waals surface area (Å²) in [6.45, 7) is 3.31. The molecule has 0 heterocycles. The molecule has 0 fully saturated rings. The molecule has 6 nitrogen and oxygen atoms in total. The molecule has 0 aliphatic heterocycles. The first-order valence-corrected chi connectivity index (χ1v) is 7.26. The Bertz CT molecular complexity index is 767. The number of nitrogens with one attached hydrogen (secondary N) is 1. The number of carbonyl (C=O) groups is 2. The first-order valence-electron chi connectivity index (χ1n) is 7.26. The summed E-state index contributed by atoms with van der Waals surface area (Å²) < 4.78 is 10.6. The number of aryl methyl sites for hydroxylation is 1. The minimum absolute atomic E-state index is 0.262. The summed E-state index contributed by atoms with van der Waals surface area (Å²) in [6, 6.07) is 12.1. The van der Waals surface area contributed by atoms with Crippen LogP contribution in [-0.4, -0.2) is 25.2 Å². The van der Waals surface area contributed by atoms with Crippen LogP contribution in [0.2, 0.25) is 0 Å². The highest BCUT2D eigenvalue weighted by molar-refractivity contribution is 5.91. The molecule has 0 bridgehead atoms. The van der Waals surface area contributed by atoms with Gasteiger partial charge < -0.3 is 9.47 Å². The van der Waals surface area contributed by atoms with Gasteiger partial charge in [0.2, 0.25) is 5.91 Å². The van der Waals surface area contributed by atoms with Crippen molar-refractivity contribution < 1.29 is 19.1 Å². The minimum atomic E-state index is -0.465. The Morgan fingerprint density at radius 2 is 1.79 bits per heavy atom. The van der Waals surface area contributed by atoms with Gasteiger partial charge in [-0.1, -0.05) is 17.7 Å². The molecule has 2 aromatic rings. The Balaban J connectivity index is 2.15. The molecule has 6 heteroatoms. The zero-order valence-electron chi connectivity index (χ0n) is 13.7. The second-order valence-electron chi connectivity index (χ2n) is 5.09. The predicted molar refractivity (Wildman–Crippen MR) is 90.5 cm³/mol. The second-order valence-corrected chi connectivity index (χ2v) is 5.09. The third-order valence-electron chi connectivity index (χ3n) is 3.11. The first kappa shape index (κ1) is 17.2. The lowest BCUT2D eigenvalue weighted by Gasteiger charge is -2.10. The average molecular weight is 326 g/mol. The average Bonchev–Trinajstić information content (AvgIpc) is 2.56. The Labute approximate surface area is 140 Å². The number of rotatable bonds is 5. The number of ether oxygens (including phenoxy) is 2. The van der Waals surface area contributed by atoms with E-state index in [9.17, 15) is 9.59 Å². The number of benzene rings is 2. The monoisotopic (exact) mass is 326 g/mol. The van der Waals surface area contributed by atoms with Crippen LogP contribution in [0.4, 0.5) is 0 Å². The molecule has 0 radical (unpaired) electrons. The Morgan fingerprint density at radius 1 is 1.08 bits per heavy atom. The molecule has 0 aliphatic carbocycles. The number of hydrogen-bond donors (Lipinski definition) is 1. The summed E-state index contributed by atoms with van der Waals surface area (Å²) in [5, 5.41) is 3.78. The summed E-state index contributed by atoms with van der Waals surface area (Å²) in [5.74, 6) is -0.0307. The van der Waals surface area contributed by atoms with Crippen molar-refractivity contribution in [1.29, 1.82) is 0 Å². The van der Waals surface area contributed by atoms with Gasteiger partial charge in [-0.2, -0.15) is 5.10 Å². The standard InChI is InChI=1S/C18H18N2O4/c1-12-4-7-15(8-5-12)18(22)24-16-9-6-14(10-17(16)23-3)11-19-20-13(2)21/h4-11H,1-3H3,(H,20,21). The molecular formula is C18H18N2O4. The SMILES string of the molecule is COc1cc(C=NNC(C)=O)ccc1OC(=O)c1ccc(C)cc1. The number of hydrazone groups is 1. The Morgan fingerprint density at radius 3 is 2.42 bits per heavy atom. The molecule has 0 saturated heterocycles. The largest absolute Gasteiger partial charge is 0.493 e. The van der Waals surface area contributed by atoms with Crippen LogP contribution >= 0.6 is 0 Å². The summed E-state index contributed by atoms with van der Waals surface area (Å²) >= 11 is 0. The summed E-state index contributed by atoms with van der Waals surface area (Å²) in [6.07, 6.45) is 1.47. The maximum Gasteiger partial charge on any atom is 0.343 e. The molecule has 2 aromatic carbocycles. The zero-order chi connectivity index (χ0) is 17.5. The van der Waals surface area contributed by atoms with Crippen molar-refractivity contribution in [3.05, 3.63) is 59.2 Å². The van der Waals surface area contributed by atoms with E-state index in [1.165, 1.54) is 20.2 Å². The van der Waals surface area contributed by atoms with Crippen molar-refractivity contribution >= 4 is 18.1 Å². The number of carbonyl (C=O) groups excluding carboxylic acids is 2. The molecule has 0 spiro atoms. The topological polar surface area (TPSA) is 77.0 Å². The van der Waals surface area contributed by atoms with Crippen LogP contribution < -0.4 is 14.9 Å². The normalized spacial score (nSPS) is 10.5. The van der Waals surface area contributed by atoms with E-state index in [1.54, 1.807) is 30.3 Å². The van der Waals surface area contributed by atoms with Crippen molar-refractivity contribution in [3.63, 3.8) is 0 Å². The van der Waals surface area contributed by atoms with Crippen molar-refractivity contribution in [2.24, 2.45) is 5.10 Å². The lowest BCUT2D eigenvalue weighted by molar-refractivity contribution is -0.118. The summed E-state index contributed by atoms with van der Waals surface area (Å²) in [7, 11) is 1.48.